The van der Waals surface area contributed by atoms with E-state index < -0.39 is 11.6 Å². The molecule has 1 fully saturated rings. The maximum Gasteiger partial charge on any atom is 0.316 e. The number of hydrogen-bond acceptors (Lipinski definition) is 4. The number of ether oxygens (including phenoxy) is 1. The van der Waals surface area contributed by atoms with Crippen molar-refractivity contribution < 1.29 is 14.6 Å². The summed E-state index contributed by atoms with van der Waals surface area (Å²) in [6.45, 7) is 7.07. The fourth-order valence-corrected chi connectivity index (χ4v) is 4.51. The van der Waals surface area contributed by atoms with Gasteiger partial charge in [-0.3, -0.25) is 0 Å². The molecule has 0 saturated carbocycles. The fourth-order valence-electron chi connectivity index (χ4n) is 4.21. The normalized spacial score (nSPS) is 20.9. The molecule has 1 aliphatic heterocycles. The largest absolute Gasteiger partial charge is 0.491 e. The van der Waals surface area contributed by atoms with Gasteiger partial charge in [0.1, 0.15) is 5.75 Å². The second kappa shape index (κ2) is 9.65. The summed E-state index contributed by atoms with van der Waals surface area (Å²) >= 11 is 12.0. The molecule has 0 spiro atoms. The molecule has 8 heteroatoms. The molecular weight excluding hydrogens is 437 g/mol. The molecule has 1 heterocycles. The van der Waals surface area contributed by atoms with Gasteiger partial charge >= 0.3 is 6.03 Å². The SMILES string of the molecule is CC1(C)CN(CCCOc2ccc(Cl)cc2NC(N)=O)CCC1(O)c1ccc(Cl)cc1. The molecule has 31 heavy (non-hydrogen) atoms. The van der Waals surface area contributed by atoms with Gasteiger partial charge in [0.2, 0.25) is 0 Å². The van der Waals surface area contributed by atoms with E-state index >= 15 is 0 Å². The average Bonchev–Trinajstić information content (AvgIpc) is 2.69. The zero-order valence-electron chi connectivity index (χ0n) is 17.8. The lowest BCUT2D eigenvalue weighted by Crippen LogP contribution is -2.55. The van der Waals surface area contributed by atoms with E-state index in [4.69, 9.17) is 33.7 Å². The summed E-state index contributed by atoms with van der Waals surface area (Å²) in [5.41, 5.74) is 5.34. The van der Waals surface area contributed by atoms with Crippen molar-refractivity contribution in [3.8, 4) is 5.75 Å². The molecule has 168 valence electrons. The Hall–Kier alpha value is -1.99. The Morgan fingerprint density at radius 2 is 1.87 bits per heavy atom. The number of aliphatic hydroxyl groups is 1. The third kappa shape index (κ3) is 5.63. The summed E-state index contributed by atoms with van der Waals surface area (Å²) < 4.78 is 5.84. The van der Waals surface area contributed by atoms with Crippen molar-refractivity contribution in [3.05, 3.63) is 58.1 Å². The van der Waals surface area contributed by atoms with Crippen LogP contribution in [0, 0.1) is 5.41 Å². The van der Waals surface area contributed by atoms with Crippen molar-refractivity contribution >= 4 is 34.9 Å². The van der Waals surface area contributed by atoms with Gasteiger partial charge in [-0.25, -0.2) is 4.79 Å². The molecule has 1 saturated heterocycles. The van der Waals surface area contributed by atoms with Crippen LogP contribution in [0.25, 0.3) is 0 Å². The number of nitrogens with one attached hydrogen (secondary N) is 1. The van der Waals surface area contributed by atoms with Crippen LogP contribution in [-0.4, -0.2) is 42.3 Å². The molecule has 2 amide bonds. The van der Waals surface area contributed by atoms with Gasteiger partial charge in [-0.1, -0.05) is 49.2 Å². The number of anilines is 1. The number of piperidine rings is 1. The van der Waals surface area contributed by atoms with Crippen LogP contribution in [0.4, 0.5) is 10.5 Å². The first-order chi connectivity index (χ1) is 14.6. The number of hydrogen-bond donors (Lipinski definition) is 3. The number of nitrogens with two attached hydrogens (primary N) is 1. The first kappa shape index (κ1) is 23.7. The maximum atomic E-state index is 11.5. The molecule has 2 aromatic carbocycles. The minimum absolute atomic E-state index is 0.325. The Balaban J connectivity index is 1.54. The van der Waals surface area contributed by atoms with Crippen LogP contribution in [0.1, 0.15) is 32.3 Å². The van der Waals surface area contributed by atoms with Crippen LogP contribution in [0.3, 0.4) is 0 Å². The summed E-state index contributed by atoms with van der Waals surface area (Å²) in [6.07, 6.45) is 1.44. The van der Waals surface area contributed by atoms with E-state index in [0.717, 1.165) is 31.6 Å². The van der Waals surface area contributed by atoms with Gasteiger partial charge < -0.3 is 25.8 Å². The lowest BCUT2D eigenvalue weighted by atomic mass is 9.66. The van der Waals surface area contributed by atoms with E-state index in [1.165, 1.54) is 0 Å². The van der Waals surface area contributed by atoms with Gasteiger partial charge in [0.15, 0.2) is 0 Å². The predicted molar refractivity (Wildman–Crippen MR) is 125 cm³/mol. The zero-order valence-corrected chi connectivity index (χ0v) is 19.3. The molecule has 4 N–H and O–H groups in total. The predicted octanol–water partition coefficient (Wildman–Crippen LogP) is 4.87. The number of rotatable bonds is 7. The van der Waals surface area contributed by atoms with Crippen molar-refractivity contribution in [2.24, 2.45) is 11.1 Å². The van der Waals surface area contributed by atoms with Crippen LogP contribution in [0.2, 0.25) is 10.0 Å². The highest BCUT2D eigenvalue weighted by Gasteiger charge is 2.48. The number of urea groups is 1. The molecular formula is C23H29Cl2N3O3. The minimum atomic E-state index is -0.900. The molecule has 1 aliphatic rings. The zero-order chi connectivity index (χ0) is 22.6. The molecule has 1 atom stereocenters. The Labute approximate surface area is 193 Å². The summed E-state index contributed by atoms with van der Waals surface area (Å²) in [4.78, 5) is 13.5. The molecule has 0 aromatic heterocycles. The molecule has 0 aliphatic carbocycles. The summed E-state index contributed by atoms with van der Waals surface area (Å²) in [7, 11) is 0. The summed E-state index contributed by atoms with van der Waals surface area (Å²) in [6, 6.07) is 11.8. The first-order valence-corrected chi connectivity index (χ1v) is 11.1. The molecule has 3 rings (SSSR count). The Bertz CT molecular complexity index is 921. The topological polar surface area (TPSA) is 87.8 Å². The van der Waals surface area contributed by atoms with E-state index in [1.54, 1.807) is 18.2 Å². The number of nitrogens with zero attached hydrogens (tertiary/aromatic N) is 1. The van der Waals surface area contributed by atoms with E-state index in [0.29, 0.717) is 34.5 Å². The average molecular weight is 466 g/mol. The van der Waals surface area contributed by atoms with Gasteiger partial charge in [0, 0.05) is 35.1 Å². The smallest absolute Gasteiger partial charge is 0.316 e. The molecule has 0 bridgehead atoms. The Morgan fingerprint density at radius 1 is 1.19 bits per heavy atom. The van der Waals surface area contributed by atoms with Crippen LogP contribution >= 0.6 is 23.2 Å². The fraction of sp³-hybridized carbons (Fsp3) is 0.435. The third-order valence-electron chi connectivity index (χ3n) is 5.93. The quantitative estimate of drug-likeness (QED) is 0.508. The van der Waals surface area contributed by atoms with Crippen molar-refractivity contribution in [2.45, 2.75) is 32.3 Å². The Kier molecular flexibility index (Phi) is 7.37. The Morgan fingerprint density at radius 3 is 2.52 bits per heavy atom. The monoisotopic (exact) mass is 465 g/mol. The standard InChI is InChI=1S/C23H29Cl2N3O3/c1-22(2)15-28(12-10-23(22,30)16-4-6-17(24)7-5-16)11-3-13-31-20-9-8-18(25)14-19(20)27-21(26)29/h4-9,14,30H,3,10-13,15H2,1-2H3,(H3,26,27,29). The maximum absolute atomic E-state index is 11.5. The van der Waals surface area contributed by atoms with Crippen molar-refractivity contribution in [3.63, 3.8) is 0 Å². The highest BCUT2D eigenvalue weighted by molar-refractivity contribution is 6.31. The van der Waals surface area contributed by atoms with E-state index in [1.807, 2.05) is 24.3 Å². The van der Waals surface area contributed by atoms with Crippen molar-refractivity contribution in [2.75, 3.05) is 31.6 Å². The number of carbonyl (C=O) groups is 1. The van der Waals surface area contributed by atoms with Crippen molar-refractivity contribution in [1.29, 1.82) is 0 Å². The van der Waals surface area contributed by atoms with Gasteiger partial charge in [0.05, 0.1) is 17.9 Å². The first-order valence-electron chi connectivity index (χ1n) is 10.3. The van der Waals surface area contributed by atoms with E-state index in [-0.39, 0.29) is 5.41 Å². The molecule has 0 radical (unpaired) electrons. The van der Waals surface area contributed by atoms with Crippen LogP contribution < -0.4 is 15.8 Å². The van der Waals surface area contributed by atoms with Crippen LogP contribution in [-0.2, 0) is 5.60 Å². The van der Waals surface area contributed by atoms with Crippen LogP contribution in [0.5, 0.6) is 5.75 Å². The van der Waals surface area contributed by atoms with Crippen LogP contribution in [0.15, 0.2) is 42.5 Å². The second-order valence-corrected chi connectivity index (χ2v) is 9.48. The van der Waals surface area contributed by atoms with Gasteiger partial charge in [-0.2, -0.15) is 0 Å². The summed E-state index contributed by atoms with van der Waals surface area (Å²) in [5, 5.41) is 15.2. The van der Waals surface area contributed by atoms with Crippen molar-refractivity contribution in [1.82, 2.24) is 4.90 Å². The number of carbonyl (C=O) groups excluding carboxylic acids is 1. The molecule has 1 unspecified atom stereocenters. The van der Waals surface area contributed by atoms with E-state index in [9.17, 15) is 9.90 Å². The second-order valence-electron chi connectivity index (χ2n) is 8.61. The van der Waals surface area contributed by atoms with E-state index in [2.05, 4.69) is 24.1 Å². The lowest BCUT2D eigenvalue weighted by Gasteiger charge is -2.50. The number of benzene rings is 2. The highest BCUT2D eigenvalue weighted by atomic mass is 35.5. The molecule has 6 nitrogen and oxygen atoms in total. The van der Waals surface area contributed by atoms with Gasteiger partial charge in [-0.15, -0.1) is 0 Å². The number of halogens is 2. The third-order valence-corrected chi connectivity index (χ3v) is 6.41. The summed E-state index contributed by atoms with van der Waals surface area (Å²) in [5.74, 6) is 0.527. The highest BCUT2D eigenvalue weighted by Crippen LogP contribution is 2.46. The van der Waals surface area contributed by atoms with Gasteiger partial charge in [-0.05, 0) is 48.7 Å². The number of primary amides is 1. The molecule has 2 aromatic rings. The van der Waals surface area contributed by atoms with Gasteiger partial charge in [0.25, 0.3) is 0 Å². The minimum Gasteiger partial charge on any atom is -0.491 e. The number of likely N-dealkylation sites (tertiary alicyclic amines) is 1. The lowest BCUT2D eigenvalue weighted by molar-refractivity contribution is -0.125. The number of amides is 2.